The molecular weight excluding hydrogens is 214 g/mol. The van der Waals surface area contributed by atoms with Crippen molar-refractivity contribution < 1.29 is 31.8 Å². The average molecular weight is 237 g/mol. The first-order chi connectivity index (χ1) is 7.87. The van der Waals surface area contributed by atoms with Gasteiger partial charge in [0.1, 0.15) is 37.0 Å². The van der Waals surface area contributed by atoms with E-state index in [1.165, 1.54) is 0 Å². The van der Waals surface area contributed by atoms with Gasteiger partial charge in [0, 0.05) is 13.0 Å². The number of aliphatic hydroxyl groups is 5. The molecule has 16 heavy (non-hydrogen) atoms. The summed E-state index contributed by atoms with van der Waals surface area (Å²) in [6, 6.07) is -0.925. The highest BCUT2D eigenvalue weighted by molar-refractivity contribution is 4.88. The molecule has 1 rings (SSSR count). The Bertz CT molecular complexity index is 257. The highest BCUT2D eigenvalue weighted by atomic mass is 16.4. The SMILES string of the molecule is [2H][N+]1(CC)C[C@H](O)[C@H](O)[C@H](O)[C@@H]1[C@H](O)CCO. The fraction of sp³-hybridized carbons (Fsp3) is 1.00. The van der Waals surface area contributed by atoms with E-state index in [-0.39, 0.29) is 26.1 Å². The molecule has 1 fully saturated rings. The van der Waals surface area contributed by atoms with Crippen molar-refractivity contribution in [2.75, 3.05) is 19.7 Å². The number of rotatable bonds is 4. The first-order valence-electron chi connectivity index (χ1n) is 6.04. The number of likely N-dealkylation sites (N-methyl/N-ethyl adjacent to an activating group) is 1. The molecule has 1 saturated heterocycles. The second-order valence-electron chi connectivity index (χ2n) is 4.21. The predicted molar refractivity (Wildman–Crippen MR) is 55.9 cm³/mol. The number of likely N-dealkylation sites (tertiary alicyclic amines) is 1. The summed E-state index contributed by atoms with van der Waals surface area (Å²) in [5.74, 6) is 0. The lowest BCUT2D eigenvalue weighted by Crippen LogP contribution is -3.21. The minimum absolute atomic E-state index is 0.0312. The van der Waals surface area contributed by atoms with E-state index < -0.39 is 35.4 Å². The molecule has 1 aliphatic rings. The van der Waals surface area contributed by atoms with Crippen molar-refractivity contribution in [2.24, 2.45) is 0 Å². The van der Waals surface area contributed by atoms with Crippen LogP contribution in [0.3, 0.4) is 0 Å². The molecule has 1 aliphatic heterocycles. The van der Waals surface area contributed by atoms with Gasteiger partial charge in [-0.05, 0) is 6.92 Å². The molecule has 0 spiro atoms. The van der Waals surface area contributed by atoms with Crippen molar-refractivity contribution >= 4 is 0 Å². The summed E-state index contributed by atoms with van der Waals surface area (Å²) in [6.07, 6.45) is -4.98. The van der Waals surface area contributed by atoms with Crippen LogP contribution in [0.5, 0.6) is 0 Å². The number of nitrogens with one attached hydrogen (secondary N) is 1. The van der Waals surface area contributed by atoms with Gasteiger partial charge < -0.3 is 30.4 Å². The monoisotopic (exact) mass is 237 g/mol. The van der Waals surface area contributed by atoms with Crippen molar-refractivity contribution in [1.82, 2.24) is 0 Å². The summed E-state index contributed by atoms with van der Waals surface area (Å²) >= 11 is 0. The summed E-state index contributed by atoms with van der Waals surface area (Å²) in [5.41, 5.74) is 0. The van der Waals surface area contributed by atoms with Crippen LogP contribution in [0.1, 0.15) is 13.3 Å². The van der Waals surface area contributed by atoms with Crippen LogP contribution >= 0.6 is 0 Å². The van der Waals surface area contributed by atoms with Gasteiger partial charge in [0.15, 0.2) is 0 Å². The van der Waals surface area contributed by atoms with Crippen molar-refractivity contribution in [1.29, 1.82) is 0 Å². The molecule has 1 heterocycles. The van der Waals surface area contributed by atoms with E-state index in [1.54, 1.807) is 6.92 Å². The van der Waals surface area contributed by atoms with Gasteiger partial charge in [-0.15, -0.1) is 0 Å². The highest BCUT2D eigenvalue weighted by Gasteiger charge is 2.47. The molecule has 0 aliphatic carbocycles. The van der Waals surface area contributed by atoms with Crippen LogP contribution in [0, 0.1) is 0 Å². The van der Waals surface area contributed by atoms with Crippen LogP contribution in [0.2, 0.25) is 1.41 Å². The summed E-state index contributed by atoms with van der Waals surface area (Å²) < 4.78 is 8.15. The Morgan fingerprint density at radius 2 is 2.00 bits per heavy atom. The number of quaternary nitrogens is 1. The lowest BCUT2D eigenvalue weighted by atomic mass is 9.89. The minimum Gasteiger partial charge on any atom is -0.396 e. The Morgan fingerprint density at radius 1 is 1.38 bits per heavy atom. The van der Waals surface area contributed by atoms with Crippen molar-refractivity contribution in [3.63, 3.8) is 0 Å². The van der Waals surface area contributed by atoms with Gasteiger partial charge in [0.25, 0.3) is 0 Å². The van der Waals surface area contributed by atoms with Crippen LogP contribution in [0.4, 0.5) is 0 Å². The summed E-state index contributed by atoms with van der Waals surface area (Å²) in [4.78, 5) is -0.472. The Hall–Kier alpha value is -0.240. The first-order valence-corrected chi connectivity index (χ1v) is 5.60. The molecule has 0 radical (unpaired) electrons. The standard InChI is InChI=1S/C10H21NO5/c1-2-11-5-7(14)9(15)10(16)8(11)6(13)3-4-12/h6-10,12-16H,2-5H2,1H3/p+1/t6-,7+,8+,9+,10-/m1/s1/i/hD. The maximum Gasteiger partial charge on any atom is 0.348 e. The second-order valence-corrected chi connectivity index (χ2v) is 4.21. The number of piperidine rings is 1. The summed E-state index contributed by atoms with van der Waals surface area (Å²) in [5, 5.41) is 47.7. The first kappa shape index (κ1) is 12.2. The van der Waals surface area contributed by atoms with E-state index in [0.29, 0.717) is 0 Å². The number of hydrogen-bond acceptors (Lipinski definition) is 5. The van der Waals surface area contributed by atoms with E-state index in [2.05, 4.69) is 0 Å². The molecule has 6 N–H and O–H groups in total. The van der Waals surface area contributed by atoms with Gasteiger partial charge in [-0.25, -0.2) is 0 Å². The van der Waals surface area contributed by atoms with E-state index in [4.69, 9.17) is 6.52 Å². The maximum absolute atomic E-state index is 9.88. The zero-order valence-corrected chi connectivity index (χ0v) is 9.40. The summed E-state index contributed by atoms with van der Waals surface area (Å²) in [7, 11) is 0. The number of hydrogen-bond donors (Lipinski definition) is 6. The Morgan fingerprint density at radius 3 is 2.50 bits per heavy atom. The molecule has 6 nitrogen and oxygen atoms in total. The molecule has 1 unspecified atom stereocenters. The second kappa shape index (κ2) is 5.90. The van der Waals surface area contributed by atoms with Gasteiger partial charge in [0.2, 0.25) is 0 Å². The third-order valence-corrected chi connectivity index (χ3v) is 3.16. The van der Waals surface area contributed by atoms with Crippen LogP contribution < -0.4 is 4.89 Å². The molecule has 0 aromatic rings. The fourth-order valence-electron chi connectivity index (χ4n) is 2.23. The zero-order chi connectivity index (χ0) is 13.2. The lowest BCUT2D eigenvalue weighted by molar-refractivity contribution is -0.941. The molecule has 0 aromatic carbocycles. The third-order valence-electron chi connectivity index (χ3n) is 3.16. The minimum atomic E-state index is -1.38. The Kier molecular flexibility index (Phi) is 4.51. The quantitative estimate of drug-likeness (QED) is 0.300. The van der Waals surface area contributed by atoms with Gasteiger partial charge in [-0.3, -0.25) is 0 Å². The fourth-order valence-corrected chi connectivity index (χ4v) is 2.23. The molecule has 6 heteroatoms. The van der Waals surface area contributed by atoms with E-state index in [9.17, 15) is 20.4 Å². The van der Waals surface area contributed by atoms with Gasteiger partial charge in [-0.2, -0.15) is 0 Å². The molecule has 6 atom stereocenters. The largest absolute Gasteiger partial charge is 0.396 e. The third kappa shape index (κ3) is 2.71. The molecule has 0 saturated carbocycles. The van der Waals surface area contributed by atoms with Crippen LogP contribution in [-0.4, -0.2) is 75.7 Å². The van der Waals surface area contributed by atoms with Crippen LogP contribution in [0.15, 0.2) is 0 Å². The van der Waals surface area contributed by atoms with Gasteiger partial charge >= 0.3 is 1.41 Å². The van der Waals surface area contributed by atoms with Crippen molar-refractivity contribution in [2.45, 2.75) is 43.8 Å². The summed E-state index contributed by atoms with van der Waals surface area (Å²) in [6.45, 7) is 1.69. The smallest absolute Gasteiger partial charge is 0.348 e. The lowest BCUT2D eigenvalue weighted by Gasteiger charge is -2.42. The number of aliphatic hydroxyl groups excluding tert-OH is 5. The predicted octanol–water partition coefficient (Wildman–Crippen LogP) is -3.90. The molecular formula is C10H22NO5+. The topological polar surface area (TPSA) is 106 Å². The zero-order valence-electron chi connectivity index (χ0n) is 10.4. The van der Waals surface area contributed by atoms with E-state index in [0.717, 1.165) is 0 Å². The normalized spacial score (nSPS) is 47.5. The van der Waals surface area contributed by atoms with Crippen LogP contribution in [-0.2, 0) is 0 Å². The highest BCUT2D eigenvalue weighted by Crippen LogP contribution is 2.12. The molecule has 0 amide bonds. The van der Waals surface area contributed by atoms with E-state index in [1.807, 2.05) is 0 Å². The maximum atomic E-state index is 9.88. The molecule has 96 valence electrons. The van der Waals surface area contributed by atoms with Crippen LogP contribution in [0.25, 0.3) is 0 Å². The van der Waals surface area contributed by atoms with Gasteiger partial charge in [-0.1, -0.05) is 0 Å². The average Bonchev–Trinajstić information content (AvgIpc) is 2.26. The van der Waals surface area contributed by atoms with Gasteiger partial charge in [0.05, 0.1) is 6.54 Å². The molecule has 0 aromatic heterocycles. The Labute approximate surface area is 96.2 Å². The van der Waals surface area contributed by atoms with Crippen molar-refractivity contribution in [3.8, 4) is 0 Å². The Balaban J connectivity index is 2.94. The van der Waals surface area contributed by atoms with E-state index >= 15 is 0 Å². The van der Waals surface area contributed by atoms with Crippen molar-refractivity contribution in [3.05, 3.63) is 0 Å². The molecule has 0 bridgehead atoms.